The number of amides is 2. The van der Waals surface area contributed by atoms with E-state index in [-0.39, 0.29) is 23.4 Å². The zero-order valence-electron chi connectivity index (χ0n) is 14.9. The van der Waals surface area contributed by atoms with Crippen LogP contribution in [0.1, 0.15) is 10.4 Å². The van der Waals surface area contributed by atoms with Crippen LogP contribution in [0.25, 0.3) is 0 Å². The molecule has 148 valence electrons. The molecule has 0 bridgehead atoms. The molecular weight excluding hydrogens is 435 g/mol. The third-order valence-corrected chi connectivity index (χ3v) is 4.66. The minimum atomic E-state index is -0.364. The van der Waals surface area contributed by atoms with Crippen LogP contribution in [-0.2, 0) is 4.79 Å². The summed E-state index contributed by atoms with van der Waals surface area (Å²) < 4.78 is 5.39. The minimum absolute atomic E-state index is 0.183. The molecule has 2 amide bonds. The summed E-state index contributed by atoms with van der Waals surface area (Å²) in [4.78, 5) is 24.4. The van der Waals surface area contributed by atoms with Crippen LogP contribution in [0, 0.1) is 0 Å². The van der Waals surface area contributed by atoms with Crippen LogP contribution in [0.3, 0.4) is 0 Å². The fraction of sp³-hybridized carbons (Fsp3) is 0.0476. The fourth-order valence-electron chi connectivity index (χ4n) is 2.41. The molecule has 2 N–H and O–H groups in total. The number of carbonyl (C=O) groups excluding carboxylic acids is 2. The molecule has 0 aromatic heterocycles. The molecule has 3 aromatic carbocycles. The van der Waals surface area contributed by atoms with Crippen LogP contribution in [0.4, 0.5) is 11.4 Å². The summed E-state index contributed by atoms with van der Waals surface area (Å²) in [6.45, 7) is -0.183. The van der Waals surface area contributed by atoms with Gasteiger partial charge in [-0.3, -0.25) is 9.59 Å². The summed E-state index contributed by atoms with van der Waals surface area (Å²) in [5, 5.41) is 6.58. The summed E-state index contributed by atoms with van der Waals surface area (Å²) in [5.41, 5.74) is 1.41. The number of ether oxygens (including phenoxy) is 1. The smallest absolute Gasteiger partial charge is 0.262 e. The van der Waals surface area contributed by atoms with Crippen molar-refractivity contribution in [3.8, 4) is 5.75 Å². The Morgan fingerprint density at radius 2 is 1.45 bits per heavy atom. The maximum atomic E-state index is 12.3. The lowest BCUT2D eigenvalue weighted by molar-refractivity contribution is -0.118. The topological polar surface area (TPSA) is 67.4 Å². The number of nitrogens with one attached hydrogen (secondary N) is 2. The van der Waals surface area contributed by atoms with Gasteiger partial charge in [0.1, 0.15) is 5.75 Å². The highest BCUT2D eigenvalue weighted by molar-refractivity contribution is 6.37. The standard InChI is InChI=1S/C21H15Cl3N2O3/c22-13-5-10-16(18(24)11-13)21(28)26-15-8-6-14(7-9-15)25-20(27)12-29-19-4-2-1-3-17(19)23/h1-11H,12H2,(H,25,27)(H,26,28). The van der Waals surface area contributed by atoms with Gasteiger partial charge in [0.15, 0.2) is 6.61 Å². The van der Waals surface area contributed by atoms with Gasteiger partial charge in [-0.05, 0) is 54.6 Å². The molecule has 0 fully saturated rings. The Labute approximate surface area is 182 Å². The number of benzene rings is 3. The van der Waals surface area contributed by atoms with Crippen LogP contribution < -0.4 is 15.4 Å². The largest absolute Gasteiger partial charge is 0.482 e. The molecular formula is C21H15Cl3N2O3. The summed E-state index contributed by atoms with van der Waals surface area (Å²) in [7, 11) is 0. The lowest BCUT2D eigenvalue weighted by atomic mass is 10.2. The molecule has 3 aromatic rings. The van der Waals surface area contributed by atoms with Crippen molar-refractivity contribution in [1.29, 1.82) is 0 Å². The zero-order chi connectivity index (χ0) is 20.8. The van der Waals surface area contributed by atoms with Crippen molar-refractivity contribution in [3.63, 3.8) is 0 Å². The van der Waals surface area contributed by atoms with E-state index >= 15 is 0 Å². The van der Waals surface area contributed by atoms with Crippen molar-refractivity contribution in [1.82, 2.24) is 0 Å². The number of para-hydroxylation sites is 1. The predicted octanol–water partition coefficient (Wildman–Crippen LogP) is 5.92. The summed E-state index contributed by atoms with van der Waals surface area (Å²) in [5.74, 6) is -0.269. The van der Waals surface area contributed by atoms with E-state index in [0.717, 1.165) is 0 Å². The number of halogens is 3. The molecule has 5 nitrogen and oxygen atoms in total. The van der Waals surface area contributed by atoms with Gasteiger partial charge in [-0.2, -0.15) is 0 Å². The maximum absolute atomic E-state index is 12.3. The number of rotatable bonds is 6. The monoisotopic (exact) mass is 448 g/mol. The van der Waals surface area contributed by atoms with E-state index in [1.165, 1.54) is 6.07 Å². The molecule has 0 radical (unpaired) electrons. The van der Waals surface area contributed by atoms with Crippen molar-refractivity contribution in [3.05, 3.63) is 87.4 Å². The molecule has 0 spiro atoms. The Balaban J connectivity index is 1.55. The Kier molecular flexibility index (Phi) is 6.99. The van der Waals surface area contributed by atoms with Gasteiger partial charge in [-0.15, -0.1) is 0 Å². The first kappa shape index (κ1) is 21.0. The second-order valence-corrected chi connectivity index (χ2v) is 7.17. The average Bonchev–Trinajstić information content (AvgIpc) is 2.69. The first-order valence-electron chi connectivity index (χ1n) is 8.46. The Bertz CT molecular complexity index is 1040. The van der Waals surface area contributed by atoms with Crippen molar-refractivity contribution in [2.75, 3.05) is 17.2 Å². The Morgan fingerprint density at radius 3 is 2.10 bits per heavy atom. The minimum Gasteiger partial charge on any atom is -0.482 e. The van der Waals surface area contributed by atoms with Crippen LogP contribution in [0.2, 0.25) is 15.1 Å². The number of anilines is 2. The van der Waals surface area contributed by atoms with Gasteiger partial charge in [0.25, 0.3) is 11.8 Å². The first-order chi connectivity index (χ1) is 13.9. The number of carbonyl (C=O) groups is 2. The molecule has 0 saturated carbocycles. The molecule has 0 saturated heterocycles. The van der Waals surface area contributed by atoms with Crippen LogP contribution >= 0.6 is 34.8 Å². The van der Waals surface area contributed by atoms with E-state index in [2.05, 4.69) is 10.6 Å². The second kappa shape index (κ2) is 9.65. The maximum Gasteiger partial charge on any atom is 0.262 e. The number of hydrogen-bond donors (Lipinski definition) is 2. The second-order valence-electron chi connectivity index (χ2n) is 5.92. The van der Waals surface area contributed by atoms with E-state index in [9.17, 15) is 9.59 Å². The highest BCUT2D eigenvalue weighted by Crippen LogP contribution is 2.24. The molecule has 0 heterocycles. The van der Waals surface area contributed by atoms with Gasteiger partial charge in [-0.1, -0.05) is 46.9 Å². The van der Waals surface area contributed by atoms with Crippen molar-refractivity contribution < 1.29 is 14.3 Å². The van der Waals surface area contributed by atoms with Gasteiger partial charge in [0.2, 0.25) is 0 Å². The molecule has 29 heavy (non-hydrogen) atoms. The van der Waals surface area contributed by atoms with Gasteiger partial charge in [0.05, 0.1) is 15.6 Å². The van der Waals surface area contributed by atoms with Crippen LogP contribution in [0.15, 0.2) is 66.7 Å². The molecule has 0 aliphatic heterocycles. The predicted molar refractivity (Wildman–Crippen MR) is 116 cm³/mol. The van der Waals surface area contributed by atoms with E-state index < -0.39 is 0 Å². The summed E-state index contributed by atoms with van der Waals surface area (Å²) in [6.07, 6.45) is 0. The lowest BCUT2D eigenvalue weighted by Crippen LogP contribution is -2.20. The lowest BCUT2D eigenvalue weighted by Gasteiger charge is -2.10. The molecule has 0 aliphatic rings. The van der Waals surface area contributed by atoms with Gasteiger partial charge in [0, 0.05) is 16.4 Å². The van der Waals surface area contributed by atoms with Crippen molar-refractivity contribution in [2.45, 2.75) is 0 Å². The van der Waals surface area contributed by atoms with E-state index in [0.29, 0.717) is 32.7 Å². The van der Waals surface area contributed by atoms with Gasteiger partial charge in [-0.25, -0.2) is 0 Å². The van der Waals surface area contributed by atoms with E-state index in [1.54, 1.807) is 60.7 Å². The third kappa shape index (κ3) is 5.87. The third-order valence-electron chi connectivity index (χ3n) is 3.80. The Hall–Kier alpha value is -2.73. The SMILES string of the molecule is O=C(COc1ccccc1Cl)Nc1ccc(NC(=O)c2ccc(Cl)cc2Cl)cc1. The highest BCUT2D eigenvalue weighted by atomic mass is 35.5. The van der Waals surface area contributed by atoms with E-state index in [1.807, 2.05) is 0 Å². The number of hydrogen-bond acceptors (Lipinski definition) is 3. The zero-order valence-corrected chi connectivity index (χ0v) is 17.2. The molecule has 3 rings (SSSR count). The molecule has 0 aliphatic carbocycles. The quantitative estimate of drug-likeness (QED) is 0.491. The van der Waals surface area contributed by atoms with Gasteiger partial charge >= 0.3 is 0 Å². The van der Waals surface area contributed by atoms with E-state index in [4.69, 9.17) is 39.5 Å². The van der Waals surface area contributed by atoms with Gasteiger partial charge < -0.3 is 15.4 Å². The fourth-order valence-corrected chi connectivity index (χ4v) is 3.10. The summed E-state index contributed by atoms with van der Waals surface area (Å²) >= 11 is 17.9. The molecule has 0 atom stereocenters. The van der Waals surface area contributed by atoms with Crippen LogP contribution in [0.5, 0.6) is 5.75 Å². The Morgan fingerprint density at radius 1 is 0.793 bits per heavy atom. The van der Waals surface area contributed by atoms with Crippen molar-refractivity contribution in [2.24, 2.45) is 0 Å². The van der Waals surface area contributed by atoms with Crippen LogP contribution in [-0.4, -0.2) is 18.4 Å². The highest BCUT2D eigenvalue weighted by Gasteiger charge is 2.11. The average molecular weight is 450 g/mol. The first-order valence-corrected chi connectivity index (χ1v) is 9.59. The summed E-state index contributed by atoms with van der Waals surface area (Å²) in [6, 6.07) is 18.2. The van der Waals surface area contributed by atoms with Crippen molar-refractivity contribution >= 4 is 58.0 Å². The molecule has 0 unspecified atom stereocenters. The normalized spacial score (nSPS) is 10.3. The molecule has 8 heteroatoms.